The van der Waals surface area contributed by atoms with Crippen LogP contribution in [0.4, 0.5) is 11.6 Å². The van der Waals surface area contributed by atoms with Gasteiger partial charge in [-0.3, -0.25) is 4.68 Å². The summed E-state index contributed by atoms with van der Waals surface area (Å²) < 4.78 is 1.89. The molecule has 114 valence electrons. The summed E-state index contributed by atoms with van der Waals surface area (Å²) in [6, 6.07) is 3.87. The van der Waals surface area contributed by atoms with E-state index in [0.717, 1.165) is 37.1 Å². The zero-order valence-electron chi connectivity index (χ0n) is 13.2. The maximum Gasteiger partial charge on any atom is 0.138 e. The fraction of sp³-hybridized carbons (Fsp3) is 0.533. The van der Waals surface area contributed by atoms with Gasteiger partial charge in [0.25, 0.3) is 0 Å². The van der Waals surface area contributed by atoms with E-state index in [2.05, 4.69) is 53.4 Å². The van der Waals surface area contributed by atoms with Crippen molar-refractivity contribution in [3.63, 3.8) is 0 Å². The van der Waals surface area contributed by atoms with Crippen molar-refractivity contribution in [3.05, 3.63) is 30.4 Å². The number of aromatic nitrogens is 4. The van der Waals surface area contributed by atoms with E-state index < -0.39 is 0 Å². The van der Waals surface area contributed by atoms with E-state index in [0.29, 0.717) is 0 Å². The van der Waals surface area contributed by atoms with Gasteiger partial charge in [-0.2, -0.15) is 5.10 Å². The van der Waals surface area contributed by atoms with Crippen LogP contribution in [0.1, 0.15) is 33.5 Å². The van der Waals surface area contributed by atoms with E-state index in [9.17, 15) is 0 Å². The molecule has 0 aromatic carbocycles. The lowest BCUT2D eigenvalue weighted by atomic mass is 9.96. The lowest BCUT2D eigenvalue weighted by molar-refractivity contribution is 0.546. The van der Waals surface area contributed by atoms with Crippen LogP contribution in [0.3, 0.4) is 0 Å². The molecule has 0 saturated carbocycles. The third-order valence-electron chi connectivity index (χ3n) is 2.96. The molecule has 0 radical (unpaired) electrons. The fourth-order valence-corrected chi connectivity index (χ4v) is 1.88. The Labute approximate surface area is 126 Å². The van der Waals surface area contributed by atoms with Gasteiger partial charge in [-0.05, 0) is 13.0 Å². The molecule has 0 aliphatic rings. The van der Waals surface area contributed by atoms with Crippen LogP contribution in [-0.4, -0.2) is 32.8 Å². The quantitative estimate of drug-likeness (QED) is 0.855. The molecule has 2 N–H and O–H groups in total. The van der Waals surface area contributed by atoms with Gasteiger partial charge in [0.1, 0.15) is 17.5 Å². The second-order valence-corrected chi connectivity index (χ2v) is 5.94. The molecule has 2 aromatic rings. The van der Waals surface area contributed by atoms with Gasteiger partial charge < -0.3 is 10.6 Å². The second kappa shape index (κ2) is 6.56. The highest BCUT2D eigenvalue weighted by atomic mass is 15.3. The summed E-state index contributed by atoms with van der Waals surface area (Å²) in [5.74, 6) is 2.54. The number of hydrogen-bond donors (Lipinski definition) is 2. The number of hydrogen-bond acceptors (Lipinski definition) is 5. The molecule has 0 saturated heterocycles. The summed E-state index contributed by atoms with van der Waals surface area (Å²) in [6.07, 6.45) is 3.73. The number of nitrogens with zero attached hydrogens (tertiary/aromatic N) is 4. The van der Waals surface area contributed by atoms with Crippen molar-refractivity contribution in [2.75, 3.05) is 23.7 Å². The van der Waals surface area contributed by atoms with Crippen molar-refractivity contribution in [2.24, 2.45) is 0 Å². The Morgan fingerprint density at radius 2 is 1.86 bits per heavy atom. The van der Waals surface area contributed by atoms with Crippen LogP contribution in [0, 0.1) is 0 Å². The van der Waals surface area contributed by atoms with Crippen molar-refractivity contribution < 1.29 is 0 Å². The van der Waals surface area contributed by atoms with Crippen molar-refractivity contribution in [3.8, 4) is 0 Å². The van der Waals surface area contributed by atoms with Gasteiger partial charge in [0, 0.05) is 37.0 Å². The first kappa shape index (κ1) is 15.3. The van der Waals surface area contributed by atoms with Crippen LogP contribution in [0.15, 0.2) is 24.5 Å². The van der Waals surface area contributed by atoms with Crippen molar-refractivity contribution >= 4 is 11.6 Å². The third kappa shape index (κ3) is 4.44. The lowest BCUT2D eigenvalue weighted by Crippen LogP contribution is -2.19. The van der Waals surface area contributed by atoms with Gasteiger partial charge in [0.05, 0.1) is 6.54 Å². The molecule has 0 aliphatic carbocycles. The van der Waals surface area contributed by atoms with Crippen molar-refractivity contribution in [2.45, 2.75) is 39.7 Å². The smallest absolute Gasteiger partial charge is 0.138 e. The molecule has 2 rings (SSSR count). The molecule has 0 amide bonds. The Hall–Kier alpha value is -2.11. The molecule has 0 bridgehead atoms. The normalized spacial score (nSPS) is 11.4. The van der Waals surface area contributed by atoms with Crippen LogP contribution in [0.5, 0.6) is 0 Å². The molecular weight excluding hydrogens is 264 g/mol. The topological polar surface area (TPSA) is 67.7 Å². The van der Waals surface area contributed by atoms with E-state index in [1.54, 1.807) is 6.20 Å². The summed E-state index contributed by atoms with van der Waals surface area (Å²) >= 11 is 0. The minimum absolute atomic E-state index is 0.0795. The molecule has 21 heavy (non-hydrogen) atoms. The Kier molecular flexibility index (Phi) is 4.77. The Bertz CT molecular complexity index is 556. The Morgan fingerprint density at radius 3 is 2.43 bits per heavy atom. The van der Waals surface area contributed by atoms with Gasteiger partial charge in [-0.15, -0.1) is 0 Å². The van der Waals surface area contributed by atoms with Gasteiger partial charge in [0.2, 0.25) is 0 Å². The first-order valence-electron chi connectivity index (χ1n) is 7.34. The van der Waals surface area contributed by atoms with Gasteiger partial charge in [-0.25, -0.2) is 9.97 Å². The predicted octanol–water partition coefficient (Wildman–Crippen LogP) is 2.51. The van der Waals surface area contributed by atoms with E-state index in [-0.39, 0.29) is 5.41 Å². The van der Waals surface area contributed by atoms with Crippen molar-refractivity contribution in [1.82, 2.24) is 19.7 Å². The molecule has 2 heterocycles. The lowest BCUT2D eigenvalue weighted by Gasteiger charge is -2.19. The summed E-state index contributed by atoms with van der Waals surface area (Å²) in [7, 11) is 0. The monoisotopic (exact) mass is 288 g/mol. The Morgan fingerprint density at radius 1 is 1.14 bits per heavy atom. The van der Waals surface area contributed by atoms with Crippen LogP contribution in [0.2, 0.25) is 0 Å². The van der Waals surface area contributed by atoms with Crippen LogP contribution < -0.4 is 10.6 Å². The maximum atomic E-state index is 4.61. The van der Waals surface area contributed by atoms with Crippen molar-refractivity contribution in [1.29, 1.82) is 0 Å². The standard InChI is InChI=1S/C15H24N6/c1-5-16-12-11-13(20-14(19-12)15(2,3)4)17-8-10-21-9-6-7-18-21/h6-7,9,11H,5,8,10H2,1-4H3,(H2,16,17,19,20). The summed E-state index contributed by atoms with van der Waals surface area (Å²) in [5.41, 5.74) is -0.0795. The average Bonchev–Trinajstić information content (AvgIpc) is 2.91. The van der Waals surface area contributed by atoms with E-state index in [4.69, 9.17) is 0 Å². The van der Waals surface area contributed by atoms with Crippen LogP contribution in [-0.2, 0) is 12.0 Å². The Balaban J connectivity index is 2.08. The largest absolute Gasteiger partial charge is 0.370 e. The first-order valence-corrected chi connectivity index (χ1v) is 7.34. The summed E-state index contributed by atoms with van der Waals surface area (Å²) in [5, 5.41) is 10.8. The third-order valence-corrected chi connectivity index (χ3v) is 2.96. The van der Waals surface area contributed by atoms with E-state index >= 15 is 0 Å². The SMILES string of the molecule is CCNc1cc(NCCn2cccn2)nc(C(C)(C)C)n1. The van der Waals surface area contributed by atoms with Gasteiger partial charge >= 0.3 is 0 Å². The van der Waals surface area contributed by atoms with Crippen LogP contribution >= 0.6 is 0 Å². The highest BCUT2D eigenvalue weighted by Crippen LogP contribution is 2.22. The molecule has 6 heteroatoms. The van der Waals surface area contributed by atoms with Crippen LogP contribution in [0.25, 0.3) is 0 Å². The predicted molar refractivity (Wildman–Crippen MR) is 85.6 cm³/mol. The number of rotatable bonds is 6. The molecule has 0 unspecified atom stereocenters. The summed E-state index contributed by atoms with van der Waals surface area (Å²) in [4.78, 5) is 9.19. The molecule has 2 aromatic heterocycles. The first-order chi connectivity index (χ1) is 9.99. The number of anilines is 2. The molecule has 6 nitrogen and oxygen atoms in total. The molecule has 0 fully saturated rings. The zero-order chi connectivity index (χ0) is 15.3. The number of nitrogens with one attached hydrogen (secondary N) is 2. The molecule has 0 atom stereocenters. The zero-order valence-corrected chi connectivity index (χ0v) is 13.2. The van der Waals surface area contributed by atoms with Gasteiger partial charge in [0.15, 0.2) is 0 Å². The van der Waals surface area contributed by atoms with E-state index in [1.165, 1.54) is 0 Å². The maximum absolute atomic E-state index is 4.61. The molecular formula is C15H24N6. The highest BCUT2D eigenvalue weighted by molar-refractivity contribution is 5.48. The minimum atomic E-state index is -0.0795. The minimum Gasteiger partial charge on any atom is -0.370 e. The summed E-state index contributed by atoms with van der Waals surface area (Å²) in [6.45, 7) is 10.8. The highest BCUT2D eigenvalue weighted by Gasteiger charge is 2.19. The average molecular weight is 288 g/mol. The second-order valence-electron chi connectivity index (χ2n) is 5.94. The van der Waals surface area contributed by atoms with Gasteiger partial charge in [-0.1, -0.05) is 20.8 Å². The fourth-order valence-electron chi connectivity index (χ4n) is 1.88. The molecule has 0 aliphatic heterocycles. The van der Waals surface area contributed by atoms with E-state index in [1.807, 2.05) is 23.0 Å². The molecule has 0 spiro atoms.